The van der Waals surface area contributed by atoms with Crippen LogP contribution in [0.5, 0.6) is 0 Å². The smallest absolute Gasteiger partial charge is 0.229 e. The van der Waals surface area contributed by atoms with Crippen molar-refractivity contribution in [2.45, 2.75) is 33.0 Å². The molecule has 0 radical (unpaired) electrons. The predicted octanol–water partition coefficient (Wildman–Crippen LogP) is 3.03. The number of benzene rings is 1. The third-order valence-electron chi connectivity index (χ3n) is 4.60. The molecular formula is C19H24N6O. The Bertz CT molecular complexity index is 910. The zero-order valence-corrected chi connectivity index (χ0v) is 15.6. The van der Waals surface area contributed by atoms with Gasteiger partial charge in [0.1, 0.15) is 5.82 Å². The van der Waals surface area contributed by atoms with Crippen LogP contribution in [0.25, 0.3) is 11.0 Å². The van der Waals surface area contributed by atoms with Crippen molar-refractivity contribution in [2.24, 2.45) is 7.05 Å². The van der Waals surface area contributed by atoms with Crippen LogP contribution in [-0.2, 0) is 11.8 Å². The summed E-state index contributed by atoms with van der Waals surface area (Å²) in [7, 11) is 1.90. The average molecular weight is 352 g/mol. The van der Waals surface area contributed by atoms with Gasteiger partial charge >= 0.3 is 0 Å². The van der Waals surface area contributed by atoms with Gasteiger partial charge < -0.3 is 15.0 Å². The number of fused-ring (bicyclic) bond motifs is 1. The molecule has 3 aromatic rings. The van der Waals surface area contributed by atoms with Crippen molar-refractivity contribution in [3.05, 3.63) is 36.0 Å². The maximum Gasteiger partial charge on any atom is 0.229 e. The Balaban J connectivity index is 1.75. The SMILES string of the molecule is Cc1ccc(Nc2nc(N3CC(C)OC(C)C3)nc3c2cnn3C)cc1. The normalized spacial score (nSPS) is 20.5. The Kier molecular flexibility index (Phi) is 4.24. The minimum Gasteiger partial charge on any atom is -0.372 e. The molecule has 0 amide bonds. The van der Waals surface area contributed by atoms with Gasteiger partial charge in [-0.05, 0) is 32.9 Å². The third kappa shape index (κ3) is 3.22. The number of nitrogens with zero attached hydrogens (tertiary/aromatic N) is 5. The predicted molar refractivity (Wildman–Crippen MR) is 103 cm³/mol. The summed E-state index contributed by atoms with van der Waals surface area (Å²) in [6.45, 7) is 7.79. The summed E-state index contributed by atoms with van der Waals surface area (Å²) in [5.41, 5.74) is 3.03. The fourth-order valence-electron chi connectivity index (χ4n) is 3.36. The van der Waals surface area contributed by atoms with Crippen LogP contribution >= 0.6 is 0 Å². The lowest BCUT2D eigenvalue weighted by molar-refractivity contribution is -0.00569. The van der Waals surface area contributed by atoms with Gasteiger partial charge in [-0.1, -0.05) is 17.7 Å². The van der Waals surface area contributed by atoms with Crippen LogP contribution in [-0.4, -0.2) is 45.0 Å². The highest BCUT2D eigenvalue weighted by Crippen LogP contribution is 2.27. The summed E-state index contributed by atoms with van der Waals surface area (Å²) in [6.07, 6.45) is 2.11. The van der Waals surface area contributed by atoms with E-state index in [1.54, 1.807) is 10.9 Å². The molecule has 1 N–H and O–H groups in total. The molecule has 7 nitrogen and oxygen atoms in total. The summed E-state index contributed by atoms with van der Waals surface area (Å²) in [6, 6.07) is 8.27. The molecule has 3 heterocycles. The molecule has 1 saturated heterocycles. The molecule has 1 fully saturated rings. The number of ether oxygens (including phenoxy) is 1. The van der Waals surface area contributed by atoms with Crippen molar-refractivity contribution in [3.8, 4) is 0 Å². The number of nitrogens with one attached hydrogen (secondary N) is 1. The van der Waals surface area contributed by atoms with E-state index in [-0.39, 0.29) is 12.2 Å². The monoisotopic (exact) mass is 352 g/mol. The molecule has 1 aromatic carbocycles. The van der Waals surface area contributed by atoms with Crippen LogP contribution in [0.15, 0.2) is 30.5 Å². The van der Waals surface area contributed by atoms with Crippen LogP contribution in [0.4, 0.5) is 17.5 Å². The van der Waals surface area contributed by atoms with Crippen molar-refractivity contribution in [1.82, 2.24) is 19.7 Å². The van der Waals surface area contributed by atoms with Gasteiger partial charge in [0, 0.05) is 25.8 Å². The molecule has 0 spiro atoms. The van der Waals surface area contributed by atoms with Crippen molar-refractivity contribution in [3.63, 3.8) is 0 Å². The molecule has 2 unspecified atom stereocenters. The molecule has 2 atom stereocenters. The van der Waals surface area contributed by atoms with Gasteiger partial charge in [0.25, 0.3) is 0 Å². The Morgan fingerprint density at radius 2 is 1.77 bits per heavy atom. The van der Waals surface area contributed by atoms with E-state index in [4.69, 9.17) is 14.7 Å². The molecule has 1 aliphatic rings. The number of hydrogen-bond donors (Lipinski definition) is 1. The standard InChI is InChI=1S/C19H24N6O/c1-12-5-7-15(8-6-12)21-17-16-9-20-24(4)18(16)23-19(22-17)25-10-13(2)26-14(3)11-25/h5-9,13-14H,10-11H2,1-4H3,(H,21,22,23). The minimum absolute atomic E-state index is 0.151. The molecule has 136 valence electrons. The van der Waals surface area contributed by atoms with Gasteiger partial charge in [-0.15, -0.1) is 0 Å². The highest BCUT2D eigenvalue weighted by molar-refractivity contribution is 5.89. The van der Waals surface area contributed by atoms with Gasteiger partial charge in [-0.25, -0.2) is 0 Å². The third-order valence-corrected chi connectivity index (χ3v) is 4.60. The molecule has 2 aromatic heterocycles. The Labute approximate surface area is 153 Å². The number of hydrogen-bond acceptors (Lipinski definition) is 6. The van der Waals surface area contributed by atoms with E-state index in [0.29, 0.717) is 5.95 Å². The van der Waals surface area contributed by atoms with Crippen LogP contribution in [0.3, 0.4) is 0 Å². The van der Waals surface area contributed by atoms with E-state index in [1.165, 1.54) is 5.56 Å². The van der Waals surface area contributed by atoms with Crippen LogP contribution < -0.4 is 10.2 Å². The zero-order valence-electron chi connectivity index (χ0n) is 15.6. The van der Waals surface area contributed by atoms with E-state index < -0.39 is 0 Å². The van der Waals surface area contributed by atoms with E-state index in [1.807, 2.05) is 7.05 Å². The Hall–Kier alpha value is -2.67. The lowest BCUT2D eigenvalue weighted by atomic mass is 10.2. The molecule has 7 heteroatoms. The number of anilines is 3. The van der Waals surface area contributed by atoms with Crippen LogP contribution in [0.1, 0.15) is 19.4 Å². The van der Waals surface area contributed by atoms with Gasteiger partial charge in [0.05, 0.1) is 23.8 Å². The summed E-state index contributed by atoms with van der Waals surface area (Å²) < 4.78 is 7.63. The second-order valence-corrected chi connectivity index (χ2v) is 7.03. The Morgan fingerprint density at radius 3 is 2.46 bits per heavy atom. The van der Waals surface area contributed by atoms with Crippen LogP contribution in [0.2, 0.25) is 0 Å². The highest BCUT2D eigenvalue weighted by Gasteiger charge is 2.25. The molecule has 26 heavy (non-hydrogen) atoms. The van der Waals surface area contributed by atoms with E-state index in [2.05, 4.69) is 60.4 Å². The summed E-state index contributed by atoms with van der Waals surface area (Å²) in [5, 5.41) is 8.69. The maximum absolute atomic E-state index is 5.84. The molecular weight excluding hydrogens is 328 g/mol. The molecule has 4 rings (SSSR count). The van der Waals surface area contributed by atoms with Crippen LogP contribution in [0, 0.1) is 6.92 Å². The van der Waals surface area contributed by atoms with Gasteiger partial charge in [0.2, 0.25) is 5.95 Å². The fourth-order valence-corrected chi connectivity index (χ4v) is 3.36. The first-order valence-electron chi connectivity index (χ1n) is 8.93. The van der Waals surface area contributed by atoms with E-state index in [9.17, 15) is 0 Å². The second-order valence-electron chi connectivity index (χ2n) is 7.03. The number of aryl methyl sites for hydroxylation is 2. The average Bonchev–Trinajstić information content (AvgIpc) is 2.97. The first-order chi connectivity index (χ1) is 12.5. The Morgan fingerprint density at radius 1 is 1.08 bits per heavy atom. The van der Waals surface area contributed by atoms with E-state index in [0.717, 1.165) is 35.6 Å². The van der Waals surface area contributed by atoms with E-state index >= 15 is 0 Å². The number of aromatic nitrogens is 4. The molecule has 0 bridgehead atoms. The van der Waals surface area contributed by atoms with Crippen molar-refractivity contribution in [1.29, 1.82) is 0 Å². The molecule has 1 aliphatic heterocycles. The van der Waals surface area contributed by atoms with Crippen molar-refractivity contribution < 1.29 is 4.74 Å². The first-order valence-corrected chi connectivity index (χ1v) is 8.93. The van der Waals surface area contributed by atoms with Gasteiger partial charge in [-0.3, -0.25) is 4.68 Å². The molecule has 0 aliphatic carbocycles. The molecule has 0 saturated carbocycles. The maximum atomic E-state index is 5.84. The van der Waals surface area contributed by atoms with Crippen molar-refractivity contribution >= 4 is 28.5 Å². The fraction of sp³-hybridized carbons (Fsp3) is 0.421. The summed E-state index contributed by atoms with van der Waals surface area (Å²) in [5.74, 6) is 1.48. The zero-order chi connectivity index (χ0) is 18.3. The first kappa shape index (κ1) is 16.8. The lowest BCUT2D eigenvalue weighted by Crippen LogP contribution is -2.46. The van der Waals surface area contributed by atoms with Gasteiger partial charge in [-0.2, -0.15) is 15.1 Å². The number of morpholine rings is 1. The second kappa shape index (κ2) is 6.57. The summed E-state index contributed by atoms with van der Waals surface area (Å²) >= 11 is 0. The quantitative estimate of drug-likeness (QED) is 0.781. The largest absolute Gasteiger partial charge is 0.372 e. The lowest BCUT2D eigenvalue weighted by Gasteiger charge is -2.35. The van der Waals surface area contributed by atoms with Gasteiger partial charge in [0.15, 0.2) is 5.65 Å². The topological polar surface area (TPSA) is 68.1 Å². The number of rotatable bonds is 3. The van der Waals surface area contributed by atoms with Crippen molar-refractivity contribution in [2.75, 3.05) is 23.3 Å². The summed E-state index contributed by atoms with van der Waals surface area (Å²) in [4.78, 5) is 11.8. The highest BCUT2D eigenvalue weighted by atomic mass is 16.5. The minimum atomic E-state index is 0.151.